The lowest BCUT2D eigenvalue weighted by Crippen LogP contribution is -2.40. The zero-order valence-electron chi connectivity index (χ0n) is 19.4. The molecule has 0 aliphatic carbocycles. The van der Waals surface area contributed by atoms with Crippen LogP contribution in [0.3, 0.4) is 0 Å². The van der Waals surface area contributed by atoms with Gasteiger partial charge in [0.15, 0.2) is 11.5 Å². The number of carbonyl (C=O) groups is 1. The van der Waals surface area contributed by atoms with Gasteiger partial charge < -0.3 is 20.0 Å². The minimum absolute atomic E-state index is 0.0783. The van der Waals surface area contributed by atoms with E-state index in [0.29, 0.717) is 6.54 Å². The van der Waals surface area contributed by atoms with Crippen LogP contribution >= 0.6 is 0 Å². The standard InChI is InChI=1S/C25H35N3O3/c1-25(2,12-11-18-9-10-22(29)23(30)15-18)28-16-19-7-6-8-20(21(19)17-28)24(31)27(5)14-13-26(3)4/h6-10,15,29-30H,11-14,16-17H2,1-5H3. The molecular weight excluding hydrogens is 390 g/mol. The summed E-state index contributed by atoms with van der Waals surface area (Å²) in [7, 11) is 5.89. The molecule has 0 saturated heterocycles. The van der Waals surface area contributed by atoms with E-state index in [-0.39, 0.29) is 22.9 Å². The van der Waals surface area contributed by atoms with Gasteiger partial charge in [-0.05, 0) is 75.7 Å². The molecule has 0 atom stereocenters. The van der Waals surface area contributed by atoms with Gasteiger partial charge in [-0.2, -0.15) is 0 Å². The van der Waals surface area contributed by atoms with Crippen molar-refractivity contribution in [3.63, 3.8) is 0 Å². The number of fused-ring (bicyclic) bond motifs is 1. The fourth-order valence-electron chi connectivity index (χ4n) is 4.04. The summed E-state index contributed by atoms with van der Waals surface area (Å²) in [6.45, 7) is 7.57. The highest BCUT2D eigenvalue weighted by atomic mass is 16.3. The molecule has 0 aromatic heterocycles. The molecule has 6 nitrogen and oxygen atoms in total. The smallest absolute Gasteiger partial charge is 0.253 e. The van der Waals surface area contributed by atoms with Crippen LogP contribution in [0, 0.1) is 0 Å². The lowest BCUT2D eigenvalue weighted by Gasteiger charge is -2.35. The number of hydrogen-bond acceptors (Lipinski definition) is 5. The van der Waals surface area contributed by atoms with E-state index in [0.717, 1.165) is 49.2 Å². The number of nitrogens with zero attached hydrogens (tertiary/aromatic N) is 3. The molecule has 0 bridgehead atoms. The first kappa shape index (κ1) is 23.1. The molecule has 0 spiro atoms. The van der Waals surface area contributed by atoms with Crippen LogP contribution in [0.25, 0.3) is 0 Å². The molecule has 168 valence electrons. The Morgan fingerprint density at radius 2 is 1.77 bits per heavy atom. The Balaban J connectivity index is 1.69. The summed E-state index contributed by atoms with van der Waals surface area (Å²) in [6.07, 6.45) is 1.70. The minimum atomic E-state index is -0.0919. The topological polar surface area (TPSA) is 67.2 Å². The van der Waals surface area contributed by atoms with Gasteiger partial charge in [-0.15, -0.1) is 0 Å². The summed E-state index contributed by atoms with van der Waals surface area (Å²) in [5.74, 6) is -0.0888. The second-order valence-corrected chi connectivity index (χ2v) is 9.46. The number of benzene rings is 2. The molecule has 0 saturated carbocycles. The van der Waals surface area contributed by atoms with Crippen molar-refractivity contribution in [2.75, 3.05) is 34.2 Å². The van der Waals surface area contributed by atoms with Crippen molar-refractivity contribution in [3.8, 4) is 11.5 Å². The van der Waals surface area contributed by atoms with Gasteiger partial charge in [-0.3, -0.25) is 9.69 Å². The van der Waals surface area contributed by atoms with Gasteiger partial charge in [0.05, 0.1) is 0 Å². The van der Waals surface area contributed by atoms with Crippen molar-refractivity contribution in [2.24, 2.45) is 0 Å². The molecule has 1 aliphatic rings. The zero-order chi connectivity index (χ0) is 22.8. The van der Waals surface area contributed by atoms with E-state index >= 15 is 0 Å². The molecular formula is C25H35N3O3. The predicted molar refractivity (Wildman–Crippen MR) is 123 cm³/mol. The molecule has 1 amide bonds. The molecule has 3 rings (SSSR count). The van der Waals surface area contributed by atoms with Gasteiger partial charge in [0.1, 0.15) is 0 Å². The third-order valence-electron chi connectivity index (χ3n) is 6.36. The first-order chi connectivity index (χ1) is 14.6. The van der Waals surface area contributed by atoms with Gasteiger partial charge >= 0.3 is 0 Å². The van der Waals surface area contributed by atoms with Crippen molar-refractivity contribution >= 4 is 5.91 Å². The first-order valence-electron chi connectivity index (χ1n) is 10.9. The zero-order valence-corrected chi connectivity index (χ0v) is 19.4. The normalized spacial score (nSPS) is 14.1. The van der Waals surface area contributed by atoms with E-state index in [1.54, 1.807) is 11.0 Å². The van der Waals surface area contributed by atoms with Crippen LogP contribution in [0.2, 0.25) is 0 Å². The molecule has 2 aromatic carbocycles. The van der Waals surface area contributed by atoms with Crippen LogP contribution in [0.1, 0.15) is 47.3 Å². The number of rotatable bonds is 8. The van der Waals surface area contributed by atoms with Crippen molar-refractivity contribution in [3.05, 3.63) is 58.7 Å². The maximum absolute atomic E-state index is 13.1. The number of carbonyl (C=O) groups excluding carboxylic acids is 1. The average Bonchev–Trinajstić information content (AvgIpc) is 3.18. The third kappa shape index (κ3) is 5.38. The number of hydrogen-bond donors (Lipinski definition) is 2. The molecule has 0 unspecified atom stereocenters. The van der Waals surface area contributed by atoms with Crippen molar-refractivity contribution in [2.45, 2.75) is 45.3 Å². The Morgan fingerprint density at radius 1 is 1.03 bits per heavy atom. The monoisotopic (exact) mass is 425 g/mol. The second kappa shape index (κ2) is 9.28. The number of likely N-dealkylation sites (N-methyl/N-ethyl adjacent to an activating group) is 2. The summed E-state index contributed by atoms with van der Waals surface area (Å²) in [5.41, 5.74) is 4.09. The van der Waals surface area contributed by atoms with Crippen molar-refractivity contribution < 1.29 is 15.0 Å². The van der Waals surface area contributed by atoms with Crippen LogP contribution in [0.4, 0.5) is 0 Å². The molecule has 0 fully saturated rings. The second-order valence-electron chi connectivity index (χ2n) is 9.46. The number of amides is 1. The van der Waals surface area contributed by atoms with Crippen LogP contribution in [-0.4, -0.2) is 70.6 Å². The number of aryl methyl sites for hydroxylation is 1. The number of aromatic hydroxyl groups is 2. The van der Waals surface area contributed by atoms with Crippen molar-refractivity contribution in [1.82, 2.24) is 14.7 Å². The lowest BCUT2D eigenvalue weighted by molar-refractivity contribution is 0.0781. The Kier molecular flexibility index (Phi) is 6.92. The summed E-state index contributed by atoms with van der Waals surface area (Å²) in [4.78, 5) is 19.4. The Bertz CT molecular complexity index is 940. The van der Waals surface area contributed by atoms with Gasteiger partial charge in [-0.1, -0.05) is 18.2 Å². The summed E-state index contributed by atoms with van der Waals surface area (Å²) < 4.78 is 0. The van der Waals surface area contributed by atoms with Crippen LogP contribution in [0.15, 0.2) is 36.4 Å². The predicted octanol–water partition coefficient (Wildman–Crippen LogP) is 3.46. The van der Waals surface area contributed by atoms with Crippen molar-refractivity contribution in [1.29, 1.82) is 0 Å². The molecule has 0 radical (unpaired) electrons. The Hall–Kier alpha value is -2.57. The van der Waals surface area contributed by atoms with E-state index in [1.807, 2.05) is 39.3 Å². The molecule has 2 aromatic rings. The van der Waals surface area contributed by atoms with E-state index in [9.17, 15) is 15.0 Å². The van der Waals surface area contributed by atoms with E-state index in [1.165, 1.54) is 11.6 Å². The number of phenolic OH excluding ortho intramolecular Hbond substituents is 2. The number of phenols is 2. The maximum Gasteiger partial charge on any atom is 0.253 e. The van der Waals surface area contributed by atoms with Gasteiger partial charge in [-0.25, -0.2) is 0 Å². The molecule has 6 heteroatoms. The molecule has 1 heterocycles. The quantitative estimate of drug-likeness (QED) is 0.634. The third-order valence-corrected chi connectivity index (χ3v) is 6.36. The average molecular weight is 426 g/mol. The fourth-order valence-corrected chi connectivity index (χ4v) is 4.04. The van der Waals surface area contributed by atoms with Gasteiger partial charge in [0, 0.05) is 44.3 Å². The SMILES string of the molecule is CN(C)CCN(C)C(=O)c1cccc2c1CN(C(C)(C)CCc1ccc(O)c(O)c1)C2. The van der Waals surface area contributed by atoms with Crippen LogP contribution in [0.5, 0.6) is 11.5 Å². The minimum Gasteiger partial charge on any atom is -0.504 e. The van der Waals surface area contributed by atoms with E-state index < -0.39 is 0 Å². The van der Waals surface area contributed by atoms with Crippen LogP contribution < -0.4 is 0 Å². The Labute approximate surface area is 185 Å². The largest absolute Gasteiger partial charge is 0.504 e. The molecule has 2 N–H and O–H groups in total. The highest BCUT2D eigenvalue weighted by Crippen LogP contribution is 2.34. The highest BCUT2D eigenvalue weighted by molar-refractivity contribution is 5.96. The van der Waals surface area contributed by atoms with Gasteiger partial charge in [0.25, 0.3) is 5.91 Å². The highest BCUT2D eigenvalue weighted by Gasteiger charge is 2.34. The fraction of sp³-hybridized carbons (Fsp3) is 0.480. The van der Waals surface area contributed by atoms with E-state index in [2.05, 4.69) is 29.7 Å². The van der Waals surface area contributed by atoms with Crippen LogP contribution in [-0.2, 0) is 19.5 Å². The summed E-state index contributed by atoms with van der Waals surface area (Å²) in [5, 5.41) is 19.3. The van der Waals surface area contributed by atoms with Gasteiger partial charge in [0.2, 0.25) is 0 Å². The molecule has 1 aliphatic heterocycles. The summed E-state index contributed by atoms with van der Waals surface area (Å²) in [6, 6.07) is 11.1. The molecule has 31 heavy (non-hydrogen) atoms. The van der Waals surface area contributed by atoms with E-state index in [4.69, 9.17) is 0 Å². The maximum atomic E-state index is 13.1. The Morgan fingerprint density at radius 3 is 2.45 bits per heavy atom. The lowest BCUT2D eigenvalue weighted by atomic mass is 9.93. The first-order valence-corrected chi connectivity index (χ1v) is 10.9. The summed E-state index contributed by atoms with van der Waals surface area (Å²) >= 11 is 0.